The summed E-state index contributed by atoms with van der Waals surface area (Å²) in [5.74, 6) is 1.15. The Hall–Kier alpha value is -1.00. The summed E-state index contributed by atoms with van der Waals surface area (Å²) in [5, 5.41) is 4.63. The Balaban J connectivity index is 2.02. The zero-order valence-electron chi connectivity index (χ0n) is 8.79. The molecule has 0 radical (unpaired) electrons. The molecule has 3 nitrogen and oxygen atoms in total. The van der Waals surface area contributed by atoms with Crippen LogP contribution in [0.2, 0.25) is 0 Å². The third-order valence-electron chi connectivity index (χ3n) is 2.34. The van der Waals surface area contributed by atoms with E-state index in [4.69, 9.17) is 0 Å². The second-order valence-electron chi connectivity index (χ2n) is 3.38. The molecular weight excluding hydrogens is 206 g/mol. The van der Waals surface area contributed by atoms with E-state index in [1.54, 1.807) is 0 Å². The molecule has 2 rings (SSSR count). The van der Waals surface area contributed by atoms with Crippen molar-refractivity contribution in [3.8, 4) is 0 Å². The maximum Gasteiger partial charge on any atom is 0.137 e. The van der Waals surface area contributed by atoms with Crippen LogP contribution in [0.5, 0.6) is 0 Å². The van der Waals surface area contributed by atoms with Gasteiger partial charge in [-0.05, 0) is 24.0 Å². The molecule has 0 aromatic carbocycles. The predicted octanol–water partition coefficient (Wildman–Crippen LogP) is 2.02. The van der Waals surface area contributed by atoms with E-state index in [2.05, 4.69) is 27.6 Å². The van der Waals surface area contributed by atoms with Crippen molar-refractivity contribution in [1.29, 1.82) is 0 Å². The number of nitrogens with zero attached hydrogens (tertiary/aromatic N) is 1. The predicted molar refractivity (Wildman–Crippen MR) is 66.2 cm³/mol. The van der Waals surface area contributed by atoms with Crippen molar-refractivity contribution in [3.63, 3.8) is 0 Å². The minimum atomic E-state index is 0.909. The van der Waals surface area contributed by atoms with Crippen LogP contribution in [0, 0.1) is 0 Å². The maximum absolute atomic E-state index is 4.26. The van der Waals surface area contributed by atoms with Crippen LogP contribution < -0.4 is 5.32 Å². The SMILES string of the molecule is CSCCNCc1c[nH]c2ncccc12. The normalized spacial score (nSPS) is 11.0. The lowest BCUT2D eigenvalue weighted by Crippen LogP contribution is -2.16. The lowest BCUT2D eigenvalue weighted by molar-refractivity contribution is 0.736. The van der Waals surface area contributed by atoms with Gasteiger partial charge < -0.3 is 10.3 Å². The van der Waals surface area contributed by atoms with Gasteiger partial charge in [0, 0.05) is 36.6 Å². The van der Waals surface area contributed by atoms with Gasteiger partial charge in [0.15, 0.2) is 0 Å². The molecule has 0 aliphatic carbocycles. The van der Waals surface area contributed by atoms with E-state index in [-0.39, 0.29) is 0 Å². The summed E-state index contributed by atoms with van der Waals surface area (Å²) < 4.78 is 0. The van der Waals surface area contributed by atoms with Gasteiger partial charge in [0.1, 0.15) is 5.65 Å². The van der Waals surface area contributed by atoms with Gasteiger partial charge in [-0.2, -0.15) is 11.8 Å². The number of aromatic amines is 1. The first-order chi connectivity index (χ1) is 7.42. The Labute approximate surface area is 93.7 Å². The molecule has 0 unspecified atom stereocenters. The smallest absolute Gasteiger partial charge is 0.137 e. The number of nitrogens with one attached hydrogen (secondary N) is 2. The number of rotatable bonds is 5. The summed E-state index contributed by atoms with van der Waals surface area (Å²) in [4.78, 5) is 7.43. The molecule has 0 saturated heterocycles. The Kier molecular flexibility index (Phi) is 3.64. The fourth-order valence-electron chi connectivity index (χ4n) is 1.56. The zero-order valence-corrected chi connectivity index (χ0v) is 9.60. The van der Waals surface area contributed by atoms with Crippen molar-refractivity contribution >= 4 is 22.8 Å². The molecule has 2 N–H and O–H groups in total. The summed E-state index contributed by atoms with van der Waals surface area (Å²) in [5.41, 5.74) is 2.26. The number of H-pyrrole nitrogens is 1. The Bertz CT molecular complexity index is 424. The van der Waals surface area contributed by atoms with E-state index in [1.165, 1.54) is 10.9 Å². The summed E-state index contributed by atoms with van der Waals surface area (Å²) in [6, 6.07) is 4.08. The molecule has 0 saturated carbocycles. The highest BCUT2D eigenvalue weighted by molar-refractivity contribution is 7.98. The van der Waals surface area contributed by atoms with Gasteiger partial charge in [0.25, 0.3) is 0 Å². The van der Waals surface area contributed by atoms with Crippen LogP contribution in [0.4, 0.5) is 0 Å². The largest absolute Gasteiger partial charge is 0.346 e. The van der Waals surface area contributed by atoms with Crippen LogP contribution in [0.25, 0.3) is 11.0 Å². The first-order valence-corrected chi connectivity index (χ1v) is 6.42. The minimum Gasteiger partial charge on any atom is -0.346 e. The molecule has 0 atom stereocenters. The monoisotopic (exact) mass is 221 g/mol. The third kappa shape index (κ3) is 2.52. The zero-order chi connectivity index (χ0) is 10.5. The molecule has 4 heteroatoms. The van der Waals surface area contributed by atoms with E-state index in [9.17, 15) is 0 Å². The van der Waals surface area contributed by atoms with Crippen molar-refractivity contribution in [2.24, 2.45) is 0 Å². The number of hydrogen-bond acceptors (Lipinski definition) is 3. The van der Waals surface area contributed by atoms with Crippen LogP contribution >= 0.6 is 11.8 Å². The first-order valence-electron chi connectivity index (χ1n) is 5.02. The molecule has 2 aromatic rings. The Morgan fingerprint density at radius 1 is 1.53 bits per heavy atom. The van der Waals surface area contributed by atoms with E-state index >= 15 is 0 Å². The topological polar surface area (TPSA) is 40.7 Å². The third-order valence-corrected chi connectivity index (χ3v) is 2.95. The average Bonchev–Trinajstić information content (AvgIpc) is 2.68. The van der Waals surface area contributed by atoms with Crippen molar-refractivity contribution in [2.45, 2.75) is 6.54 Å². The number of fused-ring (bicyclic) bond motifs is 1. The van der Waals surface area contributed by atoms with Gasteiger partial charge in [-0.1, -0.05) is 0 Å². The second-order valence-corrected chi connectivity index (χ2v) is 4.37. The lowest BCUT2D eigenvalue weighted by Gasteiger charge is -2.01. The van der Waals surface area contributed by atoms with Gasteiger partial charge in [-0.25, -0.2) is 4.98 Å². The van der Waals surface area contributed by atoms with Crippen LogP contribution in [0.15, 0.2) is 24.5 Å². The minimum absolute atomic E-state index is 0.909. The Morgan fingerprint density at radius 3 is 3.33 bits per heavy atom. The highest BCUT2D eigenvalue weighted by Crippen LogP contribution is 2.14. The van der Waals surface area contributed by atoms with Crippen molar-refractivity contribution in [1.82, 2.24) is 15.3 Å². The van der Waals surface area contributed by atoms with Gasteiger partial charge in [-0.3, -0.25) is 0 Å². The van der Waals surface area contributed by atoms with Crippen LogP contribution in [0.3, 0.4) is 0 Å². The van der Waals surface area contributed by atoms with E-state index in [1.807, 2.05) is 30.2 Å². The van der Waals surface area contributed by atoms with Gasteiger partial charge >= 0.3 is 0 Å². The highest BCUT2D eigenvalue weighted by atomic mass is 32.2. The van der Waals surface area contributed by atoms with Gasteiger partial charge in [0.2, 0.25) is 0 Å². The van der Waals surface area contributed by atoms with Crippen molar-refractivity contribution in [2.75, 3.05) is 18.6 Å². The summed E-state index contributed by atoms with van der Waals surface area (Å²) >= 11 is 1.86. The number of pyridine rings is 1. The average molecular weight is 221 g/mol. The molecular formula is C11H15N3S. The molecule has 15 heavy (non-hydrogen) atoms. The molecule has 0 spiro atoms. The first kappa shape index (κ1) is 10.5. The summed E-state index contributed by atoms with van der Waals surface area (Å²) in [6.07, 6.45) is 5.96. The van der Waals surface area contributed by atoms with Crippen LogP contribution in [-0.4, -0.2) is 28.5 Å². The molecule has 0 aliphatic heterocycles. The molecule has 0 amide bonds. The standard InChI is InChI=1S/C11H15N3S/c1-15-6-5-12-7-9-8-14-11-10(9)3-2-4-13-11/h2-4,8,12H,5-7H2,1H3,(H,13,14). The highest BCUT2D eigenvalue weighted by Gasteiger charge is 2.02. The molecule has 2 heterocycles. The quantitative estimate of drug-likeness (QED) is 0.759. The second kappa shape index (κ2) is 5.19. The fourth-order valence-corrected chi connectivity index (χ4v) is 1.90. The number of thioether (sulfide) groups is 1. The molecule has 80 valence electrons. The van der Waals surface area contributed by atoms with Gasteiger partial charge in [0.05, 0.1) is 0 Å². The summed E-state index contributed by atoms with van der Waals surface area (Å²) in [6.45, 7) is 1.96. The van der Waals surface area contributed by atoms with Crippen LogP contribution in [-0.2, 0) is 6.54 Å². The van der Waals surface area contributed by atoms with Crippen molar-refractivity contribution in [3.05, 3.63) is 30.1 Å². The van der Waals surface area contributed by atoms with Crippen LogP contribution in [0.1, 0.15) is 5.56 Å². The van der Waals surface area contributed by atoms with E-state index in [0.717, 1.165) is 24.5 Å². The number of hydrogen-bond donors (Lipinski definition) is 2. The number of aromatic nitrogens is 2. The summed E-state index contributed by atoms with van der Waals surface area (Å²) in [7, 11) is 0. The van der Waals surface area contributed by atoms with E-state index in [0.29, 0.717) is 0 Å². The maximum atomic E-state index is 4.26. The Morgan fingerprint density at radius 2 is 2.47 bits per heavy atom. The van der Waals surface area contributed by atoms with Gasteiger partial charge in [-0.15, -0.1) is 0 Å². The molecule has 0 bridgehead atoms. The lowest BCUT2D eigenvalue weighted by atomic mass is 10.2. The van der Waals surface area contributed by atoms with E-state index < -0.39 is 0 Å². The van der Waals surface area contributed by atoms with Crippen molar-refractivity contribution < 1.29 is 0 Å². The molecule has 0 fully saturated rings. The fraction of sp³-hybridized carbons (Fsp3) is 0.364. The molecule has 2 aromatic heterocycles. The molecule has 0 aliphatic rings.